The number of amides is 2. The average molecular weight is 515 g/mol. The van der Waals surface area contributed by atoms with Gasteiger partial charge in [-0.15, -0.1) is 10.2 Å². The van der Waals surface area contributed by atoms with Crippen molar-refractivity contribution in [1.82, 2.24) is 25.5 Å². The highest BCUT2D eigenvalue weighted by Gasteiger charge is 2.36. The van der Waals surface area contributed by atoms with Crippen molar-refractivity contribution in [3.05, 3.63) is 78.3 Å². The van der Waals surface area contributed by atoms with E-state index in [0.29, 0.717) is 23.0 Å². The molecule has 2 aromatic carbocycles. The summed E-state index contributed by atoms with van der Waals surface area (Å²) in [7, 11) is 1.57. The molecule has 5 rings (SSSR count). The van der Waals surface area contributed by atoms with Gasteiger partial charge in [-0.2, -0.15) is 4.80 Å². The van der Waals surface area contributed by atoms with Gasteiger partial charge in [0.2, 0.25) is 5.82 Å². The lowest BCUT2D eigenvalue weighted by molar-refractivity contribution is -0.128. The lowest BCUT2D eigenvalue weighted by Gasteiger charge is -2.30. The van der Waals surface area contributed by atoms with E-state index in [1.54, 1.807) is 43.5 Å². The van der Waals surface area contributed by atoms with Crippen molar-refractivity contribution in [3.8, 4) is 17.1 Å². The molecule has 0 bridgehead atoms. The highest BCUT2D eigenvalue weighted by atomic mass is 16.5. The number of ether oxygens (including phenoxy) is 1. The fraction of sp³-hybridized carbons (Fsp3) is 0.321. The molecule has 4 aromatic rings. The molecule has 38 heavy (non-hydrogen) atoms. The van der Waals surface area contributed by atoms with Crippen molar-refractivity contribution in [2.75, 3.05) is 12.0 Å². The second-order valence-corrected chi connectivity index (χ2v) is 9.38. The van der Waals surface area contributed by atoms with Crippen LogP contribution in [0.3, 0.4) is 0 Å². The summed E-state index contributed by atoms with van der Waals surface area (Å²) in [4.78, 5) is 30.2. The predicted molar refractivity (Wildman–Crippen MR) is 140 cm³/mol. The number of carbonyl (C=O) groups is 2. The molecule has 1 atom stereocenters. The van der Waals surface area contributed by atoms with E-state index in [-0.39, 0.29) is 18.5 Å². The Hall–Kier alpha value is -4.47. The van der Waals surface area contributed by atoms with Gasteiger partial charge in [0, 0.05) is 17.3 Å². The Morgan fingerprint density at radius 2 is 1.84 bits per heavy atom. The minimum absolute atomic E-state index is 0.0711. The minimum atomic E-state index is -1.02. The predicted octanol–water partition coefficient (Wildman–Crippen LogP) is 4.08. The first-order chi connectivity index (χ1) is 18.5. The molecule has 0 saturated heterocycles. The Morgan fingerprint density at radius 3 is 2.50 bits per heavy atom. The van der Waals surface area contributed by atoms with E-state index in [1.165, 1.54) is 16.0 Å². The summed E-state index contributed by atoms with van der Waals surface area (Å²) in [5.74, 6) is 0.701. The van der Waals surface area contributed by atoms with Crippen molar-refractivity contribution in [2.24, 2.45) is 0 Å². The Morgan fingerprint density at radius 1 is 1.11 bits per heavy atom. The van der Waals surface area contributed by atoms with Gasteiger partial charge in [-0.05, 0) is 61.4 Å². The van der Waals surface area contributed by atoms with Crippen LogP contribution in [0.25, 0.3) is 11.4 Å². The fourth-order valence-electron chi connectivity index (χ4n) is 4.68. The molecule has 1 aliphatic rings. The molecule has 0 aliphatic heterocycles. The Bertz CT molecular complexity index is 1360. The SMILES string of the molecule is COc1ccc(N(C(=O)Cn2nnc(-c3ccc(C)cc3)n2)C(C(=O)NC2CCCC2)c2ccco2)cc1. The number of rotatable bonds is 9. The van der Waals surface area contributed by atoms with Crippen LogP contribution in [0.5, 0.6) is 5.75 Å². The Labute approximate surface area is 220 Å². The highest BCUT2D eigenvalue weighted by molar-refractivity contribution is 6.01. The maximum Gasteiger partial charge on any atom is 0.251 e. The molecule has 0 spiro atoms. The molecular weight excluding hydrogens is 484 g/mol. The first-order valence-corrected chi connectivity index (χ1v) is 12.7. The number of aromatic nitrogens is 4. The molecule has 196 valence electrons. The van der Waals surface area contributed by atoms with Crippen LogP contribution in [0.15, 0.2) is 71.3 Å². The normalized spacial score (nSPS) is 14.3. The number of furan rings is 1. The van der Waals surface area contributed by atoms with Crippen LogP contribution in [0, 0.1) is 6.92 Å². The number of carbonyl (C=O) groups excluding carboxylic acids is 2. The van der Waals surface area contributed by atoms with Gasteiger partial charge in [-0.1, -0.05) is 42.7 Å². The van der Waals surface area contributed by atoms with Crippen LogP contribution in [0.2, 0.25) is 0 Å². The van der Waals surface area contributed by atoms with Gasteiger partial charge in [-0.25, -0.2) is 0 Å². The zero-order chi connectivity index (χ0) is 26.5. The molecule has 10 nitrogen and oxygen atoms in total. The molecule has 1 saturated carbocycles. The van der Waals surface area contributed by atoms with Crippen molar-refractivity contribution < 1.29 is 18.7 Å². The first kappa shape index (κ1) is 25.2. The van der Waals surface area contributed by atoms with Gasteiger partial charge in [0.05, 0.1) is 13.4 Å². The van der Waals surface area contributed by atoms with Crippen molar-refractivity contribution in [2.45, 2.75) is 51.2 Å². The summed E-state index contributed by atoms with van der Waals surface area (Å²) in [5, 5.41) is 15.7. The van der Waals surface area contributed by atoms with Crippen LogP contribution in [0.1, 0.15) is 43.0 Å². The average Bonchev–Trinajstić information content (AvgIpc) is 3.72. The van der Waals surface area contributed by atoms with Crippen LogP contribution < -0.4 is 15.0 Å². The van der Waals surface area contributed by atoms with Crippen LogP contribution in [-0.2, 0) is 16.1 Å². The highest BCUT2D eigenvalue weighted by Crippen LogP contribution is 2.31. The Balaban J connectivity index is 1.47. The van der Waals surface area contributed by atoms with E-state index < -0.39 is 11.9 Å². The monoisotopic (exact) mass is 514 g/mol. The Kier molecular flexibility index (Phi) is 7.48. The zero-order valence-electron chi connectivity index (χ0n) is 21.4. The van der Waals surface area contributed by atoms with E-state index >= 15 is 0 Å². The number of hydrogen-bond acceptors (Lipinski definition) is 7. The van der Waals surface area contributed by atoms with E-state index in [2.05, 4.69) is 20.7 Å². The van der Waals surface area contributed by atoms with Gasteiger partial charge in [0.25, 0.3) is 11.8 Å². The van der Waals surface area contributed by atoms with E-state index in [0.717, 1.165) is 36.8 Å². The molecule has 0 radical (unpaired) electrons. The number of methoxy groups -OCH3 is 1. The number of aryl methyl sites for hydroxylation is 1. The molecule has 1 fully saturated rings. The van der Waals surface area contributed by atoms with Gasteiger partial charge in [0.15, 0.2) is 6.04 Å². The summed E-state index contributed by atoms with van der Waals surface area (Å²) in [6.07, 6.45) is 5.46. The van der Waals surface area contributed by atoms with Gasteiger partial charge >= 0.3 is 0 Å². The summed E-state index contributed by atoms with van der Waals surface area (Å²) in [6, 6.07) is 17.1. The number of nitrogens with zero attached hydrogens (tertiary/aromatic N) is 5. The van der Waals surface area contributed by atoms with Crippen LogP contribution >= 0.6 is 0 Å². The van der Waals surface area contributed by atoms with Crippen molar-refractivity contribution in [3.63, 3.8) is 0 Å². The third-order valence-electron chi connectivity index (χ3n) is 6.68. The van der Waals surface area contributed by atoms with Gasteiger partial charge < -0.3 is 14.5 Å². The zero-order valence-corrected chi connectivity index (χ0v) is 21.4. The maximum absolute atomic E-state index is 13.9. The number of anilines is 1. The molecule has 1 N–H and O–H groups in total. The number of tetrazole rings is 1. The smallest absolute Gasteiger partial charge is 0.251 e. The summed E-state index contributed by atoms with van der Waals surface area (Å²) in [6.45, 7) is 1.78. The summed E-state index contributed by atoms with van der Waals surface area (Å²) >= 11 is 0. The fourth-order valence-corrected chi connectivity index (χ4v) is 4.68. The third-order valence-corrected chi connectivity index (χ3v) is 6.68. The van der Waals surface area contributed by atoms with Crippen LogP contribution in [0.4, 0.5) is 5.69 Å². The molecule has 1 aliphatic carbocycles. The lowest BCUT2D eigenvalue weighted by Crippen LogP contribution is -2.47. The maximum atomic E-state index is 13.9. The summed E-state index contributed by atoms with van der Waals surface area (Å²) < 4.78 is 11.0. The quantitative estimate of drug-likeness (QED) is 0.358. The van der Waals surface area contributed by atoms with Crippen molar-refractivity contribution in [1.29, 1.82) is 0 Å². The second-order valence-electron chi connectivity index (χ2n) is 9.38. The molecule has 2 heterocycles. The molecule has 2 amide bonds. The standard InChI is InChI=1S/C28H30N6O4/c1-19-9-11-20(12-10-19)27-30-32-33(31-27)18-25(35)34(22-13-15-23(37-2)16-14-22)26(24-8-5-17-38-24)28(36)29-21-6-3-4-7-21/h5,8-17,21,26H,3-4,6-7,18H2,1-2H3,(H,29,36). The summed E-state index contributed by atoms with van der Waals surface area (Å²) in [5.41, 5.74) is 2.43. The van der Waals surface area contributed by atoms with E-state index in [4.69, 9.17) is 9.15 Å². The van der Waals surface area contributed by atoms with Gasteiger partial charge in [-0.3, -0.25) is 14.5 Å². The number of hydrogen-bond donors (Lipinski definition) is 1. The molecule has 2 aromatic heterocycles. The largest absolute Gasteiger partial charge is 0.497 e. The molecular formula is C28H30N6O4. The van der Waals surface area contributed by atoms with Gasteiger partial charge in [0.1, 0.15) is 18.1 Å². The topological polar surface area (TPSA) is 115 Å². The number of benzene rings is 2. The molecule has 1 unspecified atom stereocenters. The van der Waals surface area contributed by atoms with Crippen LogP contribution in [-0.4, -0.2) is 45.2 Å². The lowest BCUT2D eigenvalue weighted by atomic mass is 10.1. The third kappa shape index (κ3) is 5.59. The second kappa shape index (κ2) is 11.3. The van der Waals surface area contributed by atoms with E-state index in [9.17, 15) is 9.59 Å². The number of nitrogens with one attached hydrogen (secondary N) is 1. The van der Waals surface area contributed by atoms with E-state index in [1.807, 2.05) is 31.2 Å². The minimum Gasteiger partial charge on any atom is -0.497 e. The van der Waals surface area contributed by atoms with Crippen molar-refractivity contribution >= 4 is 17.5 Å². The molecule has 10 heteroatoms. The first-order valence-electron chi connectivity index (χ1n) is 12.7.